The summed E-state index contributed by atoms with van der Waals surface area (Å²) in [6.07, 6.45) is 0.856. The Morgan fingerprint density at radius 1 is 1.04 bits per heavy atom. The summed E-state index contributed by atoms with van der Waals surface area (Å²) in [4.78, 5) is 33.2. The largest absolute Gasteiger partial charge is 0.329 e. The second-order valence-corrected chi connectivity index (χ2v) is 7.96. The summed E-state index contributed by atoms with van der Waals surface area (Å²) in [7, 11) is -4.47. The van der Waals surface area contributed by atoms with E-state index in [0.29, 0.717) is 17.5 Å². The zero-order valence-electron chi connectivity index (χ0n) is 13.9. The summed E-state index contributed by atoms with van der Waals surface area (Å²) in [6, 6.07) is 17.6. The van der Waals surface area contributed by atoms with Crippen LogP contribution in [0.25, 0.3) is 0 Å². The molecule has 0 saturated heterocycles. The summed E-state index contributed by atoms with van der Waals surface area (Å²) in [5.74, 6) is -0.268. The number of benzene rings is 2. The fourth-order valence-electron chi connectivity index (χ4n) is 3.22. The number of carbonyl (C=O) groups excluding carboxylic acids is 1. The molecular weight excluding hydrogens is 323 g/mol. The summed E-state index contributed by atoms with van der Waals surface area (Å²) >= 11 is 0. The molecule has 0 saturated carbocycles. The topological polar surface area (TPSA) is 74.6 Å². The van der Waals surface area contributed by atoms with E-state index in [9.17, 15) is 19.1 Å². The molecule has 0 bridgehead atoms. The van der Waals surface area contributed by atoms with Gasteiger partial charge in [0.15, 0.2) is 5.78 Å². The van der Waals surface area contributed by atoms with Crippen LogP contribution in [0.4, 0.5) is 0 Å². The van der Waals surface area contributed by atoms with Crippen LogP contribution >= 0.6 is 7.60 Å². The van der Waals surface area contributed by atoms with E-state index >= 15 is 0 Å². The van der Waals surface area contributed by atoms with E-state index in [1.165, 1.54) is 0 Å². The van der Waals surface area contributed by atoms with Crippen molar-refractivity contribution in [3.63, 3.8) is 0 Å². The lowest BCUT2D eigenvalue weighted by Gasteiger charge is -2.37. The van der Waals surface area contributed by atoms with E-state index in [4.69, 9.17) is 0 Å². The minimum Gasteiger partial charge on any atom is -0.324 e. The molecule has 24 heavy (non-hydrogen) atoms. The molecule has 0 aromatic heterocycles. The maximum Gasteiger partial charge on any atom is 0.329 e. The van der Waals surface area contributed by atoms with Gasteiger partial charge in [-0.2, -0.15) is 0 Å². The number of ketones is 1. The Bertz CT molecular complexity index is 724. The van der Waals surface area contributed by atoms with Crippen molar-refractivity contribution in [3.05, 3.63) is 71.8 Å². The van der Waals surface area contributed by atoms with Crippen LogP contribution < -0.4 is 0 Å². The Hall–Kier alpha value is -1.74. The van der Waals surface area contributed by atoms with Gasteiger partial charge in [0.1, 0.15) is 0 Å². The predicted molar refractivity (Wildman–Crippen MR) is 95.3 cm³/mol. The number of carbonyl (C=O) groups is 1. The van der Waals surface area contributed by atoms with Crippen LogP contribution in [0, 0.1) is 0 Å². The molecule has 0 heterocycles. The lowest BCUT2D eigenvalue weighted by Crippen LogP contribution is -2.44. The van der Waals surface area contributed by atoms with Crippen molar-refractivity contribution >= 4 is 13.4 Å². The second-order valence-electron chi connectivity index (χ2n) is 6.16. The van der Waals surface area contributed by atoms with Crippen molar-refractivity contribution in [2.75, 3.05) is 0 Å². The molecular formula is C19H23O4P. The van der Waals surface area contributed by atoms with E-state index in [1.54, 1.807) is 55.5 Å². The minimum atomic E-state index is -4.47. The molecule has 2 atom stereocenters. The van der Waals surface area contributed by atoms with Crippen LogP contribution in [0.1, 0.15) is 42.6 Å². The van der Waals surface area contributed by atoms with Gasteiger partial charge in [-0.1, -0.05) is 74.0 Å². The maximum atomic E-state index is 13.3. The minimum absolute atomic E-state index is 0.268. The highest BCUT2D eigenvalue weighted by atomic mass is 31.2. The van der Waals surface area contributed by atoms with Gasteiger partial charge in [0.2, 0.25) is 0 Å². The lowest BCUT2D eigenvalue weighted by atomic mass is 9.72. The van der Waals surface area contributed by atoms with Crippen LogP contribution in [0.5, 0.6) is 0 Å². The molecule has 5 heteroatoms. The van der Waals surface area contributed by atoms with E-state index in [1.807, 2.05) is 19.1 Å². The van der Waals surface area contributed by atoms with Gasteiger partial charge in [0.05, 0.1) is 11.1 Å². The van der Waals surface area contributed by atoms with Crippen molar-refractivity contribution in [3.8, 4) is 0 Å². The fourth-order valence-corrected chi connectivity index (χ4v) is 4.75. The Balaban J connectivity index is 2.66. The molecule has 2 rings (SSSR count). The summed E-state index contributed by atoms with van der Waals surface area (Å²) in [5.41, 5.74) is -1.28. The van der Waals surface area contributed by atoms with Crippen molar-refractivity contribution in [2.45, 2.75) is 37.8 Å². The molecule has 0 aliphatic rings. The molecule has 2 aromatic carbocycles. The summed E-state index contributed by atoms with van der Waals surface area (Å²) in [6.45, 7) is 3.51. The van der Waals surface area contributed by atoms with E-state index in [2.05, 4.69) is 0 Å². The molecule has 0 aliphatic carbocycles. The molecule has 128 valence electrons. The quantitative estimate of drug-likeness (QED) is 0.583. The highest BCUT2D eigenvalue weighted by Gasteiger charge is 2.50. The number of rotatable bonds is 7. The Morgan fingerprint density at radius 3 is 2.00 bits per heavy atom. The molecule has 2 aromatic rings. The number of Topliss-reactive ketones (excluding diaryl/α,β-unsaturated/α-hetero) is 1. The third-order valence-electron chi connectivity index (χ3n) is 4.52. The first-order chi connectivity index (χ1) is 11.3. The second kappa shape index (κ2) is 7.43. The van der Waals surface area contributed by atoms with Gasteiger partial charge in [-0.05, 0) is 18.9 Å². The van der Waals surface area contributed by atoms with E-state index in [0.717, 1.165) is 0 Å². The zero-order valence-corrected chi connectivity index (χ0v) is 14.8. The van der Waals surface area contributed by atoms with Gasteiger partial charge < -0.3 is 9.79 Å². The van der Waals surface area contributed by atoms with Crippen LogP contribution in [0.15, 0.2) is 60.7 Å². The Morgan fingerprint density at radius 2 is 1.54 bits per heavy atom. The number of hydrogen-bond donors (Lipinski definition) is 2. The van der Waals surface area contributed by atoms with Gasteiger partial charge in [0, 0.05) is 5.56 Å². The van der Waals surface area contributed by atoms with E-state index in [-0.39, 0.29) is 12.2 Å². The monoisotopic (exact) mass is 346 g/mol. The summed E-state index contributed by atoms with van der Waals surface area (Å²) < 4.78 is 12.2. The van der Waals surface area contributed by atoms with Gasteiger partial charge in [-0.25, -0.2) is 0 Å². The molecule has 0 fully saturated rings. The van der Waals surface area contributed by atoms with Gasteiger partial charge in [-0.15, -0.1) is 0 Å². The van der Waals surface area contributed by atoms with Gasteiger partial charge in [0.25, 0.3) is 0 Å². The lowest BCUT2D eigenvalue weighted by molar-refractivity contribution is 0.0879. The van der Waals surface area contributed by atoms with Crippen molar-refractivity contribution in [2.24, 2.45) is 0 Å². The molecule has 0 amide bonds. The van der Waals surface area contributed by atoms with Crippen molar-refractivity contribution < 1.29 is 19.1 Å². The highest BCUT2D eigenvalue weighted by molar-refractivity contribution is 7.52. The maximum absolute atomic E-state index is 13.3. The SMILES string of the molecule is CCCC(C(C)(C(=O)c1ccccc1)c1ccccc1)P(=O)(O)O. The van der Waals surface area contributed by atoms with Crippen LogP contribution in [0.2, 0.25) is 0 Å². The first-order valence-corrected chi connectivity index (χ1v) is 9.70. The predicted octanol–water partition coefficient (Wildman–Crippen LogP) is 4.17. The average Bonchev–Trinajstić information content (AvgIpc) is 2.59. The van der Waals surface area contributed by atoms with Crippen molar-refractivity contribution in [1.82, 2.24) is 0 Å². The zero-order chi connectivity index (χ0) is 17.8. The van der Waals surface area contributed by atoms with Gasteiger partial charge >= 0.3 is 7.60 Å². The molecule has 0 aliphatic heterocycles. The summed E-state index contributed by atoms with van der Waals surface area (Å²) in [5, 5.41) is 0. The molecule has 2 N–H and O–H groups in total. The van der Waals surface area contributed by atoms with Gasteiger partial charge in [-0.3, -0.25) is 9.36 Å². The molecule has 0 spiro atoms. The third kappa shape index (κ3) is 3.67. The molecule has 0 radical (unpaired) electrons. The van der Waals surface area contributed by atoms with Crippen LogP contribution in [0.3, 0.4) is 0 Å². The number of hydrogen-bond acceptors (Lipinski definition) is 2. The molecule has 2 unspecified atom stereocenters. The van der Waals surface area contributed by atoms with Crippen LogP contribution in [-0.4, -0.2) is 21.2 Å². The average molecular weight is 346 g/mol. The first-order valence-electron chi connectivity index (χ1n) is 8.02. The Kier molecular flexibility index (Phi) is 5.76. The van der Waals surface area contributed by atoms with E-state index < -0.39 is 18.7 Å². The standard InChI is InChI=1S/C19H23O4P/c1-3-10-17(24(21,22)23)19(2,16-13-8-5-9-14-16)18(20)15-11-6-4-7-12-15/h4-9,11-14,17H,3,10H2,1-2H3,(H2,21,22,23). The normalized spacial score (nSPS) is 15.5. The molecule has 4 nitrogen and oxygen atoms in total. The first kappa shape index (κ1) is 18.6. The third-order valence-corrected chi connectivity index (χ3v) is 6.10. The smallest absolute Gasteiger partial charge is 0.324 e. The Labute approximate surface area is 142 Å². The highest BCUT2D eigenvalue weighted by Crippen LogP contribution is 2.53. The fraction of sp³-hybridized carbons (Fsp3) is 0.316. The van der Waals surface area contributed by atoms with Crippen molar-refractivity contribution in [1.29, 1.82) is 0 Å². The van der Waals surface area contributed by atoms with Crippen LogP contribution in [-0.2, 0) is 9.98 Å².